The highest BCUT2D eigenvalue weighted by Crippen LogP contribution is 2.27. The van der Waals surface area contributed by atoms with Gasteiger partial charge in [0, 0.05) is 12.3 Å². The second kappa shape index (κ2) is 13.3. The van der Waals surface area contributed by atoms with Crippen molar-refractivity contribution >= 4 is 11.9 Å². The molecule has 1 heterocycles. The zero-order chi connectivity index (χ0) is 24.2. The number of amides is 1. The fraction of sp³-hybridized carbons (Fsp3) is 0.480. The lowest BCUT2D eigenvalue weighted by Crippen LogP contribution is -2.43. The molecule has 8 nitrogen and oxygen atoms in total. The van der Waals surface area contributed by atoms with Crippen molar-refractivity contribution in [2.75, 3.05) is 7.11 Å². The first-order chi connectivity index (χ1) is 15.9. The van der Waals surface area contributed by atoms with Crippen LogP contribution in [-0.4, -0.2) is 47.3 Å². The Kier molecular flexibility index (Phi) is 10.5. The molecule has 0 radical (unpaired) electrons. The Bertz CT molecular complexity index is 890. The lowest BCUT2D eigenvalue weighted by molar-refractivity contribution is -0.155. The first kappa shape index (κ1) is 26.0. The third-order valence-electron chi connectivity index (χ3n) is 5.22. The number of esters is 1. The average molecular weight is 459 g/mol. The summed E-state index contributed by atoms with van der Waals surface area (Å²) in [5.74, 6) is -0.875. The van der Waals surface area contributed by atoms with Gasteiger partial charge in [0.05, 0.1) is 7.11 Å². The van der Waals surface area contributed by atoms with Gasteiger partial charge in [-0.2, -0.15) is 0 Å². The Morgan fingerprint density at radius 1 is 1.09 bits per heavy atom. The molecule has 2 N–H and O–H groups in total. The van der Waals surface area contributed by atoms with Crippen molar-refractivity contribution in [3.05, 3.63) is 48.3 Å². The molecular formula is C25H34N2O6. The fourth-order valence-electron chi connectivity index (χ4n) is 3.29. The Hall–Kier alpha value is -3.29. The second-order valence-electron chi connectivity index (χ2n) is 7.87. The number of hydrogen-bond acceptors (Lipinski definition) is 7. The minimum absolute atomic E-state index is 0.115. The predicted molar refractivity (Wildman–Crippen MR) is 125 cm³/mol. The average Bonchev–Trinajstić information content (AvgIpc) is 2.81. The van der Waals surface area contributed by atoms with Gasteiger partial charge in [-0.25, -0.2) is 9.78 Å². The summed E-state index contributed by atoms with van der Waals surface area (Å²) < 4.78 is 16.7. The van der Waals surface area contributed by atoms with Crippen LogP contribution in [0.1, 0.15) is 63.4 Å². The van der Waals surface area contributed by atoms with Gasteiger partial charge in [0.15, 0.2) is 17.2 Å². The van der Waals surface area contributed by atoms with Gasteiger partial charge in [-0.1, -0.05) is 44.4 Å². The number of aromatic hydroxyl groups is 1. The Balaban J connectivity index is 2.02. The Morgan fingerprint density at radius 2 is 1.82 bits per heavy atom. The van der Waals surface area contributed by atoms with Crippen molar-refractivity contribution in [2.24, 2.45) is 0 Å². The maximum absolute atomic E-state index is 12.8. The lowest BCUT2D eigenvalue weighted by Gasteiger charge is -2.26. The number of nitrogens with zero attached hydrogens (tertiary/aromatic N) is 1. The van der Waals surface area contributed by atoms with Crippen molar-refractivity contribution in [3.63, 3.8) is 0 Å². The number of benzene rings is 1. The van der Waals surface area contributed by atoms with E-state index in [0.717, 1.165) is 25.7 Å². The topological polar surface area (TPSA) is 107 Å². The zero-order valence-corrected chi connectivity index (χ0v) is 19.7. The second-order valence-corrected chi connectivity index (χ2v) is 7.87. The summed E-state index contributed by atoms with van der Waals surface area (Å²) in [7, 11) is 1.37. The summed E-state index contributed by atoms with van der Waals surface area (Å²) in [6.45, 7) is 5.53. The maximum atomic E-state index is 12.8. The summed E-state index contributed by atoms with van der Waals surface area (Å²) in [6.07, 6.45) is 5.30. The van der Waals surface area contributed by atoms with Gasteiger partial charge < -0.3 is 24.6 Å². The van der Waals surface area contributed by atoms with Crippen molar-refractivity contribution in [3.8, 4) is 17.2 Å². The van der Waals surface area contributed by atoms with E-state index < -0.39 is 29.8 Å². The molecule has 0 fully saturated rings. The van der Waals surface area contributed by atoms with Gasteiger partial charge in [0.25, 0.3) is 5.91 Å². The molecule has 180 valence electrons. The molecule has 2 aromatic rings. The van der Waals surface area contributed by atoms with E-state index in [-0.39, 0.29) is 17.5 Å². The smallest absolute Gasteiger partial charge is 0.328 e. The first-order valence-electron chi connectivity index (χ1n) is 11.3. The van der Waals surface area contributed by atoms with E-state index in [4.69, 9.17) is 14.2 Å². The third kappa shape index (κ3) is 7.97. The molecular weight excluding hydrogens is 424 g/mol. The number of carbonyl (C=O) groups is 2. The van der Waals surface area contributed by atoms with Crippen LogP contribution in [0.15, 0.2) is 42.6 Å². The van der Waals surface area contributed by atoms with Crippen molar-refractivity contribution in [1.82, 2.24) is 10.3 Å². The number of rotatable bonds is 13. The number of hydrogen-bond donors (Lipinski definition) is 2. The molecule has 0 aliphatic heterocycles. The third-order valence-corrected chi connectivity index (χ3v) is 5.22. The number of unbranched alkanes of at least 4 members (excludes halogenated alkanes) is 3. The molecule has 0 unspecified atom stereocenters. The molecule has 2 rings (SSSR count). The number of ether oxygens (including phenoxy) is 3. The van der Waals surface area contributed by atoms with Crippen LogP contribution in [-0.2, 0) is 9.53 Å². The lowest BCUT2D eigenvalue weighted by atomic mass is 10.1. The molecule has 0 bridgehead atoms. The molecule has 0 saturated heterocycles. The highest BCUT2D eigenvalue weighted by Gasteiger charge is 2.28. The number of nitrogens with one attached hydrogen (secondary N) is 1. The summed E-state index contributed by atoms with van der Waals surface area (Å²) in [4.78, 5) is 29.2. The van der Waals surface area contributed by atoms with Crippen LogP contribution in [0.3, 0.4) is 0 Å². The van der Waals surface area contributed by atoms with Crippen molar-refractivity contribution in [2.45, 2.75) is 71.1 Å². The standard InChI is InChI=1S/C25H34N2O6/c1-5-6-7-11-14-20(18(3)32-19-12-9-8-10-13-19)33-25(30)17(2)27-24(29)22-23(28)21(31-4)15-16-26-22/h8-10,12-13,15-18,20,28H,5-7,11,14H2,1-4H3,(H,27,29)/t17-,18-,20-/m0/s1. The van der Waals surface area contributed by atoms with Gasteiger partial charge in [-0.15, -0.1) is 0 Å². The largest absolute Gasteiger partial charge is 0.503 e. The van der Waals surface area contributed by atoms with Crippen LogP contribution in [0.25, 0.3) is 0 Å². The summed E-state index contributed by atoms with van der Waals surface area (Å²) in [5, 5.41) is 12.7. The number of aromatic nitrogens is 1. The number of pyridine rings is 1. The van der Waals surface area contributed by atoms with E-state index in [1.807, 2.05) is 37.3 Å². The van der Waals surface area contributed by atoms with Crippen LogP contribution < -0.4 is 14.8 Å². The summed E-state index contributed by atoms with van der Waals surface area (Å²) >= 11 is 0. The Morgan fingerprint density at radius 3 is 2.48 bits per heavy atom. The van der Waals surface area contributed by atoms with Crippen molar-refractivity contribution < 1.29 is 28.9 Å². The fourth-order valence-corrected chi connectivity index (χ4v) is 3.29. The number of para-hydroxylation sites is 1. The van der Waals surface area contributed by atoms with Gasteiger partial charge >= 0.3 is 5.97 Å². The number of methoxy groups -OCH3 is 1. The highest BCUT2D eigenvalue weighted by atomic mass is 16.6. The molecule has 0 aliphatic rings. The highest BCUT2D eigenvalue weighted by molar-refractivity contribution is 5.97. The molecule has 8 heteroatoms. The zero-order valence-electron chi connectivity index (χ0n) is 19.7. The van der Waals surface area contributed by atoms with Gasteiger partial charge in [0.1, 0.15) is 24.0 Å². The molecule has 1 aromatic carbocycles. The molecule has 3 atom stereocenters. The van der Waals surface area contributed by atoms with E-state index in [1.165, 1.54) is 26.3 Å². The minimum Gasteiger partial charge on any atom is -0.503 e. The molecule has 0 aliphatic carbocycles. The van der Waals surface area contributed by atoms with E-state index in [1.54, 1.807) is 0 Å². The van der Waals surface area contributed by atoms with Crippen LogP contribution in [0.4, 0.5) is 0 Å². The van der Waals surface area contributed by atoms with Crippen LogP contribution in [0.2, 0.25) is 0 Å². The number of carbonyl (C=O) groups excluding carboxylic acids is 2. The first-order valence-corrected chi connectivity index (χ1v) is 11.3. The van der Waals surface area contributed by atoms with Crippen molar-refractivity contribution in [1.29, 1.82) is 0 Å². The van der Waals surface area contributed by atoms with Gasteiger partial charge in [-0.3, -0.25) is 4.79 Å². The quantitative estimate of drug-likeness (QED) is 0.341. The summed E-state index contributed by atoms with van der Waals surface area (Å²) in [6, 6.07) is 9.84. The molecule has 0 spiro atoms. The molecule has 33 heavy (non-hydrogen) atoms. The monoisotopic (exact) mass is 458 g/mol. The van der Waals surface area contributed by atoms with Crippen LogP contribution in [0, 0.1) is 0 Å². The maximum Gasteiger partial charge on any atom is 0.328 e. The SMILES string of the molecule is CCCCCC[C@H](OC(=O)[C@H](C)NC(=O)c1nccc(OC)c1O)[C@H](C)Oc1ccccc1. The minimum atomic E-state index is -0.952. The van der Waals surface area contributed by atoms with Gasteiger partial charge in [0.2, 0.25) is 0 Å². The van der Waals surface area contributed by atoms with E-state index in [2.05, 4.69) is 17.2 Å². The molecule has 1 amide bonds. The van der Waals surface area contributed by atoms with Gasteiger partial charge in [-0.05, 0) is 38.8 Å². The van der Waals surface area contributed by atoms with E-state index in [0.29, 0.717) is 12.2 Å². The molecule has 1 aromatic heterocycles. The van der Waals surface area contributed by atoms with E-state index >= 15 is 0 Å². The van der Waals surface area contributed by atoms with E-state index in [9.17, 15) is 14.7 Å². The van der Waals surface area contributed by atoms with Crippen LogP contribution in [0.5, 0.6) is 17.2 Å². The van der Waals surface area contributed by atoms with Crippen LogP contribution >= 0.6 is 0 Å². The summed E-state index contributed by atoms with van der Waals surface area (Å²) in [5.41, 5.74) is -0.231. The normalized spacial score (nSPS) is 13.5. The Labute approximate surface area is 195 Å². The predicted octanol–water partition coefficient (Wildman–Crippen LogP) is 4.26. The molecule has 0 saturated carbocycles.